The van der Waals surface area contributed by atoms with Crippen molar-refractivity contribution >= 4 is 11.8 Å². The molecule has 6 nitrogen and oxygen atoms in total. The van der Waals surface area contributed by atoms with Crippen molar-refractivity contribution in [2.75, 3.05) is 33.3 Å². The molecule has 2 aromatic rings. The lowest BCUT2D eigenvalue weighted by molar-refractivity contribution is -0.122. The summed E-state index contributed by atoms with van der Waals surface area (Å²) in [5.74, 6) is 0.328. The minimum absolute atomic E-state index is 0.00325. The van der Waals surface area contributed by atoms with Crippen LogP contribution in [0, 0.1) is 5.82 Å². The fourth-order valence-corrected chi connectivity index (χ4v) is 5.21. The van der Waals surface area contributed by atoms with Crippen LogP contribution in [0.4, 0.5) is 4.39 Å². The molecule has 2 unspecified atom stereocenters. The van der Waals surface area contributed by atoms with Crippen LogP contribution in [0.25, 0.3) is 0 Å². The Morgan fingerprint density at radius 2 is 2.09 bits per heavy atom. The van der Waals surface area contributed by atoms with E-state index in [0.717, 1.165) is 31.6 Å². The number of carbonyl (C=O) groups is 2. The van der Waals surface area contributed by atoms with Crippen molar-refractivity contribution in [2.24, 2.45) is 0 Å². The molecule has 2 saturated heterocycles. The van der Waals surface area contributed by atoms with Gasteiger partial charge in [-0.2, -0.15) is 0 Å². The highest BCUT2D eigenvalue weighted by Crippen LogP contribution is 2.31. The second kappa shape index (κ2) is 11.0. The van der Waals surface area contributed by atoms with Gasteiger partial charge >= 0.3 is 0 Å². The SMILES string of the molecule is COc1cc(CC2(CCC(=O)NCCN3CCC(c4ccccc4)C3)CCC(=O)N2)ccc1F. The molecule has 2 aliphatic rings. The number of nitrogens with one attached hydrogen (secondary N) is 2. The summed E-state index contributed by atoms with van der Waals surface area (Å²) in [5.41, 5.74) is 1.77. The average molecular weight is 468 g/mol. The predicted octanol–water partition coefficient (Wildman–Crippen LogP) is 3.41. The summed E-state index contributed by atoms with van der Waals surface area (Å²) in [5, 5.41) is 6.13. The van der Waals surface area contributed by atoms with Crippen LogP contribution in [0.3, 0.4) is 0 Å². The van der Waals surface area contributed by atoms with Crippen LogP contribution in [0.15, 0.2) is 48.5 Å². The molecule has 34 heavy (non-hydrogen) atoms. The van der Waals surface area contributed by atoms with Crippen LogP contribution in [0.1, 0.15) is 49.1 Å². The zero-order valence-corrected chi connectivity index (χ0v) is 19.8. The average Bonchev–Trinajstić information content (AvgIpc) is 3.47. The van der Waals surface area contributed by atoms with E-state index in [9.17, 15) is 14.0 Å². The Kier molecular flexibility index (Phi) is 7.83. The molecule has 0 bridgehead atoms. The van der Waals surface area contributed by atoms with Crippen LogP contribution in [0.5, 0.6) is 5.75 Å². The number of amides is 2. The first-order valence-electron chi connectivity index (χ1n) is 12.1. The number of nitrogens with zero attached hydrogens (tertiary/aromatic N) is 1. The van der Waals surface area contributed by atoms with Gasteiger partial charge < -0.3 is 20.3 Å². The Morgan fingerprint density at radius 1 is 1.26 bits per heavy atom. The Hall–Kier alpha value is -2.93. The summed E-state index contributed by atoms with van der Waals surface area (Å²) < 4.78 is 18.9. The van der Waals surface area contributed by atoms with Crippen molar-refractivity contribution in [3.63, 3.8) is 0 Å². The molecule has 2 atom stereocenters. The number of benzene rings is 2. The van der Waals surface area contributed by atoms with Gasteiger partial charge in [-0.3, -0.25) is 9.59 Å². The van der Waals surface area contributed by atoms with Crippen LogP contribution >= 0.6 is 0 Å². The van der Waals surface area contributed by atoms with Crippen molar-refractivity contribution in [1.29, 1.82) is 0 Å². The molecule has 2 N–H and O–H groups in total. The second-order valence-corrected chi connectivity index (χ2v) is 9.52. The van der Waals surface area contributed by atoms with Gasteiger partial charge in [-0.05, 0) is 61.4 Å². The van der Waals surface area contributed by atoms with Crippen LogP contribution in [-0.2, 0) is 16.0 Å². The largest absolute Gasteiger partial charge is 0.494 e. The van der Waals surface area contributed by atoms with E-state index in [2.05, 4.69) is 39.8 Å². The third kappa shape index (κ3) is 6.14. The number of halogens is 1. The van der Waals surface area contributed by atoms with Gasteiger partial charge in [0.05, 0.1) is 7.11 Å². The van der Waals surface area contributed by atoms with E-state index < -0.39 is 11.4 Å². The molecule has 0 saturated carbocycles. The number of hydrogen-bond donors (Lipinski definition) is 2. The van der Waals surface area contributed by atoms with Gasteiger partial charge in [-0.1, -0.05) is 36.4 Å². The van der Waals surface area contributed by atoms with Crippen LogP contribution in [0.2, 0.25) is 0 Å². The van der Waals surface area contributed by atoms with Gasteiger partial charge in [0, 0.05) is 38.0 Å². The first kappa shape index (κ1) is 24.2. The molecule has 0 spiro atoms. The zero-order valence-electron chi connectivity index (χ0n) is 19.8. The van der Waals surface area contributed by atoms with E-state index in [1.807, 2.05) is 6.07 Å². The predicted molar refractivity (Wildman–Crippen MR) is 129 cm³/mol. The van der Waals surface area contributed by atoms with Gasteiger partial charge in [-0.25, -0.2) is 4.39 Å². The van der Waals surface area contributed by atoms with Gasteiger partial charge in [0.2, 0.25) is 11.8 Å². The molecule has 182 valence electrons. The maximum absolute atomic E-state index is 13.8. The maximum Gasteiger partial charge on any atom is 0.220 e. The molecule has 4 rings (SSSR count). The third-order valence-electron chi connectivity index (χ3n) is 7.12. The molecule has 2 heterocycles. The molecule has 2 fully saturated rings. The van der Waals surface area contributed by atoms with Crippen molar-refractivity contribution in [1.82, 2.24) is 15.5 Å². The minimum atomic E-state index is -0.491. The number of methoxy groups -OCH3 is 1. The maximum atomic E-state index is 13.8. The van der Waals surface area contributed by atoms with Gasteiger partial charge in [0.15, 0.2) is 11.6 Å². The molecule has 2 aromatic carbocycles. The Labute approximate surface area is 200 Å². The highest BCUT2D eigenvalue weighted by molar-refractivity contribution is 5.80. The van der Waals surface area contributed by atoms with Crippen LogP contribution < -0.4 is 15.4 Å². The molecule has 2 amide bonds. The van der Waals surface area contributed by atoms with E-state index in [4.69, 9.17) is 4.74 Å². The first-order chi connectivity index (χ1) is 16.5. The standard InChI is InChI=1S/C27H34FN3O3/c1-34-24-17-20(7-8-23(24)28)18-27(13-10-26(33)30-27)12-9-25(32)29-14-16-31-15-11-22(19-31)21-5-3-2-4-6-21/h2-8,17,22H,9-16,18-19H2,1H3,(H,29,32)(H,30,33). The summed E-state index contributed by atoms with van der Waals surface area (Å²) in [6.07, 6.45) is 3.67. The van der Waals surface area contributed by atoms with E-state index in [1.165, 1.54) is 18.7 Å². The lowest BCUT2D eigenvalue weighted by Crippen LogP contribution is -2.44. The van der Waals surface area contributed by atoms with Crippen molar-refractivity contribution in [2.45, 2.75) is 50.0 Å². The fourth-order valence-electron chi connectivity index (χ4n) is 5.21. The molecular weight excluding hydrogens is 433 g/mol. The minimum Gasteiger partial charge on any atom is -0.494 e. The molecule has 2 aliphatic heterocycles. The van der Waals surface area contributed by atoms with E-state index in [0.29, 0.717) is 44.6 Å². The molecule has 0 aromatic heterocycles. The fraction of sp³-hybridized carbons (Fsp3) is 0.481. The lowest BCUT2D eigenvalue weighted by atomic mass is 9.85. The van der Waals surface area contributed by atoms with E-state index in [-0.39, 0.29) is 17.6 Å². The Morgan fingerprint density at radius 3 is 2.82 bits per heavy atom. The topological polar surface area (TPSA) is 70.7 Å². The van der Waals surface area contributed by atoms with Crippen molar-refractivity contribution < 1.29 is 18.7 Å². The van der Waals surface area contributed by atoms with E-state index in [1.54, 1.807) is 12.1 Å². The summed E-state index contributed by atoms with van der Waals surface area (Å²) in [7, 11) is 1.43. The summed E-state index contributed by atoms with van der Waals surface area (Å²) in [6, 6.07) is 15.4. The van der Waals surface area contributed by atoms with Crippen molar-refractivity contribution in [3.05, 3.63) is 65.5 Å². The van der Waals surface area contributed by atoms with Crippen molar-refractivity contribution in [3.8, 4) is 5.75 Å². The van der Waals surface area contributed by atoms with Gasteiger partial charge in [0.25, 0.3) is 0 Å². The monoisotopic (exact) mass is 467 g/mol. The summed E-state index contributed by atoms with van der Waals surface area (Å²) in [6.45, 7) is 3.53. The number of rotatable bonds is 10. The Balaban J connectivity index is 1.24. The lowest BCUT2D eigenvalue weighted by Gasteiger charge is -2.29. The molecule has 0 radical (unpaired) electrons. The normalized spacial score (nSPS) is 22.5. The summed E-state index contributed by atoms with van der Waals surface area (Å²) >= 11 is 0. The summed E-state index contributed by atoms with van der Waals surface area (Å²) in [4.78, 5) is 27.0. The number of hydrogen-bond acceptors (Lipinski definition) is 4. The number of carbonyl (C=O) groups excluding carboxylic acids is 2. The molecule has 7 heteroatoms. The quantitative estimate of drug-likeness (QED) is 0.562. The smallest absolute Gasteiger partial charge is 0.220 e. The number of ether oxygens (including phenoxy) is 1. The third-order valence-corrected chi connectivity index (χ3v) is 7.12. The second-order valence-electron chi connectivity index (χ2n) is 9.52. The number of likely N-dealkylation sites (tertiary alicyclic amines) is 1. The highest BCUT2D eigenvalue weighted by Gasteiger charge is 2.38. The van der Waals surface area contributed by atoms with Gasteiger partial charge in [0.1, 0.15) is 0 Å². The van der Waals surface area contributed by atoms with Gasteiger partial charge in [-0.15, -0.1) is 0 Å². The Bertz CT molecular complexity index is 1000. The highest BCUT2D eigenvalue weighted by atomic mass is 19.1. The molecular formula is C27H34FN3O3. The first-order valence-corrected chi connectivity index (χ1v) is 12.1. The van der Waals surface area contributed by atoms with Crippen LogP contribution in [-0.4, -0.2) is 55.5 Å². The zero-order chi connectivity index (χ0) is 24.0. The van der Waals surface area contributed by atoms with E-state index >= 15 is 0 Å². The molecule has 0 aliphatic carbocycles.